The van der Waals surface area contributed by atoms with Gasteiger partial charge < -0.3 is 4.57 Å². The maximum absolute atomic E-state index is 13.0. The Bertz CT molecular complexity index is 1190. The molecule has 1 aromatic heterocycles. The van der Waals surface area contributed by atoms with Crippen molar-refractivity contribution in [2.75, 3.05) is 5.75 Å². The van der Waals surface area contributed by atoms with E-state index in [0.29, 0.717) is 11.3 Å². The van der Waals surface area contributed by atoms with Crippen LogP contribution in [0.2, 0.25) is 0 Å². The lowest BCUT2D eigenvalue weighted by atomic mass is 10.1. The Hall–Kier alpha value is -2.32. The molecule has 154 valence electrons. The number of aromatic nitrogens is 1. The Morgan fingerprint density at radius 1 is 1.14 bits per heavy atom. The van der Waals surface area contributed by atoms with Gasteiger partial charge in [0.2, 0.25) is 5.91 Å². The van der Waals surface area contributed by atoms with Crippen LogP contribution in [0.3, 0.4) is 0 Å². The third kappa shape index (κ3) is 4.82. The number of hydrogen-bond acceptors (Lipinski definition) is 4. The van der Waals surface area contributed by atoms with Crippen LogP contribution in [-0.2, 0) is 27.6 Å². The van der Waals surface area contributed by atoms with Crippen LogP contribution < -0.4 is 4.80 Å². The van der Waals surface area contributed by atoms with Crippen molar-refractivity contribution in [2.45, 2.75) is 44.6 Å². The number of benzene rings is 2. The van der Waals surface area contributed by atoms with Gasteiger partial charge in [0.25, 0.3) is 0 Å². The summed E-state index contributed by atoms with van der Waals surface area (Å²) >= 11 is 1.47. The Morgan fingerprint density at radius 3 is 2.52 bits per heavy atom. The number of rotatable bonds is 7. The molecule has 29 heavy (non-hydrogen) atoms. The average Bonchev–Trinajstić information content (AvgIpc) is 3.05. The van der Waals surface area contributed by atoms with Gasteiger partial charge in [-0.05, 0) is 55.7 Å². The summed E-state index contributed by atoms with van der Waals surface area (Å²) in [5, 5.41) is 0. The summed E-state index contributed by atoms with van der Waals surface area (Å²) in [6.07, 6.45) is 1.10. The van der Waals surface area contributed by atoms with E-state index in [1.54, 1.807) is 0 Å². The van der Waals surface area contributed by atoms with Crippen LogP contribution in [0.15, 0.2) is 52.4 Å². The molecule has 0 saturated carbocycles. The standard InChI is InChI=1S/C21H23FN2O3S2/c1-3-15-7-5-8-18-20(15)24(4-2)21(28-18)23-19(25)9-6-14-29(26,27)17-12-10-16(22)11-13-17/h5,7-8,10-13H,3-4,6,9,14H2,1-2H3. The van der Waals surface area contributed by atoms with Crippen LogP contribution in [0.4, 0.5) is 4.39 Å². The minimum absolute atomic E-state index is 0.0407. The van der Waals surface area contributed by atoms with Crippen LogP contribution in [-0.4, -0.2) is 24.6 Å². The van der Waals surface area contributed by atoms with Gasteiger partial charge >= 0.3 is 0 Å². The molecule has 0 aliphatic heterocycles. The molecule has 0 aliphatic rings. The van der Waals surface area contributed by atoms with Gasteiger partial charge in [0, 0.05) is 13.0 Å². The molecule has 0 saturated heterocycles. The lowest BCUT2D eigenvalue weighted by Crippen LogP contribution is -2.17. The minimum Gasteiger partial charge on any atom is -0.316 e. The summed E-state index contributed by atoms with van der Waals surface area (Å²) < 4.78 is 40.7. The van der Waals surface area contributed by atoms with Gasteiger partial charge in [0.05, 0.1) is 20.9 Å². The smallest absolute Gasteiger partial charge is 0.248 e. The number of aryl methyl sites for hydroxylation is 2. The molecule has 0 atom stereocenters. The lowest BCUT2D eigenvalue weighted by molar-refractivity contribution is -0.118. The third-order valence-corrected chi connectivity index (χ3v) is 7.54. The molecule has 2 aromatic carbocycles. The second kappa shape index (κ2) is 9.00. The molecule has 1 amide bonds. The molecule has 0 bridgehead atoms. The molecule has 0 N–H and O–H groups in total. The molecule has 0 fully saturated rings. The van der Waals surface area contributed by atoms with E-state index in [2.05, 4.69) is 18.0 Å². The van der Waals surface area contributed by atoms with Gasteiger partial charge in [-0.2, -0.15) is 4.99 Å². The highest BCUT2D eigenvalue weighted by molar-refractivity contribution is 7.91. The molecule has 0 radical (unpaired) electrons. The van der Waals surface area contributed by atoms with Crippen molar-refractivity contribution in [3.05, 3.63) is 58.6 Å². The SMILES string of the molecule is CCc1cccc2sc(=NC(=O)CCCS(=O)(=O)c3ccc(F)cc3)n(CC)c12. The number of nitrogens with zero attached hydrogens (tertiary/aromatic N) is 2. The van der Waals surface area contributed by atoms with Crippen LogP contribution in [0.5, 0.6) is 0 Å². The van der Waals surface area contributed by atoms with Gasteiger partial charge in [-0.15, -0.1) is 0 Å². The average molecular weight is 435 g/mol. The molecule has 0 spiro atoms. The second-order valence-corrected chi connectivity index (χ2v) is 9.75. The van der Waals surface area contributed by atoms with Crippen molar-refractivity contribution < 1.29 is 17.6 Å². The zero-order valence-electron chi connectivity index (χ0n) is 16.4. The fraction of sp³-hybridized carbons (Fsp3) is 0.333. The molecule has 3 aromatic rings. The molecule has 3 rings (SSSR count). The number of hydrogen-bond donors (Lipinski definition) is 0. The minimum atomic E-state index is -3.55. The monoisotopic (exact) mass is 434 g/mol. The third-order valence-electron chi connectivity index (χ3n) is 4.68. The maximum atomic E-state index is 13.0. The summed E-state index contributed by atoms with van der Waals surface area (Å²) in [6.45, 7) is 4.80. The van der Waals surface area contributed by atoms with Crippen molar-refractivity contribution in [1.82, 2.24) is 4.57 Å². The Labute approximate surface area is 173 Å². The number of carbonyl (C=O) groups is 1. The van der Waals surface area contributed by atoms with Crippen LogP contribution in [0.1, 0.15) is 32.3 Å². The first-order valence-corrected chi connectivity index (χ1v) is 12.0. The molecule has 1 heterocycles. The van der Waals surface area contributed by atoms with Gasteiger partial charge in [-0.25, -0.2) is 12.8 Å². The van der Waals surface area contributed by atoms with Crippen LogP contribution in [0, 0.1) is 5.82 Å². The van der Waals surface area contributed by atoms with E-state index in [9.17, 15) is 17.6 Å². The lowest BCUT2D eigenvalue weighted by Gasteiger charge is -2.05. The second-order valence-electron chi connectivity index (χ2n) is 6.63. The molecule has 0 aliphatic carbocycles. The zero-order chi connectivity index (χ0) is 21.0. The summed E-state index contributed by atoms with van der Waals surface area (Å²) in [5.74, 6) is -1.01. The van der Waals surface area contributed by atoms with Gasteiger partial charge in [-0.3, -0.25) is 4.79 Å². The topological polar surface area (TPSA) is 68.5 Å². The highest BCUT2D eigenvalue weighted by atomic mass is 32.2. The molecular weight excluding hydrogens is 411 g/mol. The quantitative estimate of drug-likeness (QED) is 0.526. The predicted octanol–water partition coefficient (Wildman–Crippen LogP) is 4.11. The molecule has 8 heteroatoms. The Kier molecular flexibility index (Phi) is 6.64. The number of halogens is 1. The normalized spacial score (nSPS) is 12.6. The van der Waals surface area contributed by atoms with E-state index in [4.69, 9.17) is 0 Å². The van der Waals surface area contributed by atoms with E-state index in [0.717, 1.165) is 28.8 Å². The molecule has 5 nitrogen and oxygen atoms in total. The molecule has 0 unspecified atom stereocenters. The Morgan fingerprint density at radius 2 is 1.86 bits per heavy atom. The fourth-order valence-corrected chi connectivity index (χ4v) is 5.67. The number of para-hydroxylation sites is 1. The Balaban J connectivity index is 1.75. The highest BCUT2D eigenvalue weighted by Crippen LogP contribution is 2.22. The summed E-state index contributed by atoms with van der Waals surface area (Å²) in [4.78, 5) is 17.3. The summed E-state index contributed by atoms with van der Waals surface area (Å²) in [6, 6.07) is 10.8. The van der Waals surface area contributed by atoms with Gasteiger partial charge in [0.15, 0.2) is 14.6 Å². The van der Waals surface area contributed by atoms with Crippen molar-refractivity contribution in [2.24, 2.45) is 4.99 Å². The van der Waals surface area contributed by atoms with Gasteiger partial charge in [0.1, 0.15) is 5.82 Å². The molecular formula is C21H23FN2O3S2. The summed E-state index contributed by atoms with van der Waals surface area (Å²) in [5.41, 5.74) is 2.31. The van der Waals surface area contributed by atoms with E-state index >= 15 is 0 Å². The van der Waals surface area contributed by atoms with E-state index in [1.165, 1.54) is 29.0 Å². The van der Waals surface area contributed by atoms with Crippen molar-refractivity contribution in [3.63, 3.8) is 0 Å². The first-order valence-electron chi connectivity index (χ1n) is 9.52. The van der Waals surface area contributed by atoms with E-state index in [-0.39, 0.29) is 29.4 Å². The van der Waals surface area contributed by atoms with E-state index in [1.807, 2.05) is 23.6 Å². The highest BCUT2D eigenvalue weighted by Gasteiger charge is 2.15. The number of carbonyl (C=O) groups excluding carboxylic acids is 1. The van der Waals surface area contributed by atoms with Crippen molar-refractivity contribution in [1.29, 1.82) is 0 Å². The van der Waals surface area contributed by atoms with E-state index < -0.39 is 15.7 Å². The number of fused-ring (bicyclic) bond motifs is 1. The number of sulfone groups is 1. The number of amides is 1. The first kappa shape index (κ1) is 21.4. The maximum Gasteiger partial charge on any atom is 0.248 e. The first-order chi connectivity index (χ1) is 13.9. The van der Waals surface area contributed by atoms with Crippen molar-refractivity contribution in [3.8, 4) is 0 Å². The number of thiazole rings is 1. The van der Waals surface area contributed by atoms with Crippen LogP contribution >= 0.6 is 11.3 Å². The fourth-order valence-electron chi connectivity index (χ4n) is 3.20. The zero-order valence-corrected chi connectivity index (χ0v) is 18.0. The van der Waals surface area contributed by atoms with Crippen LogP contribution in [0.25, 0.3) is 10.2 Å². The van der Waals surface area contributed by atoms with Crippen molar-refractivity contribution >= 4 is 37.3 Å². The predicted molar refractivity (Wildman–Crippen MR) is 113 cm³/mol. The summed E-state index contributed by atoms with van der Waals surface area (Å²) in [7, 11) is -3.55. The largest absolute Gasteiger partial charge is 0.316 e. The van der Waals surface area contributed by atoms with Gasteiger partial charge in [-0.1, -0.05) is 30.4 Å².